The first-order chi connectivity index (χ1) is 14.9. The average Bonchev–Trinajstić information content (AvgIpc) is 2.79. The van der Waals surface area contributed by atoms with Crippen LogP contribution in [0, 0.1) is 6.92 Å². The molecule has 2 aromatic carbocycles. The Bertz CT molecular complexity index is 933. The Kier molecular flexibility index (Phi) is 9.13. The van der Waals surface area contributed by atoms with E-state index in [0.29, 0.717) is 24.3 Å². The number of benzene rings is 2. The lowest BCUT2D eigenvalue weighted by molar-refractivity contribution is -0.145. The summed E-state index contributed by atoms with van der Waals surface area (Å²) in [4.78, 5) is 23.0. The highest BCUT2D eigenvalue weighted by Crippen LogP contribution is 2.36. The SMILES string of the molecule is C=CC(=O)OC(CC)COc1cc(C)c(OCC(CC)OC(=O)C=C)c2ccccc12. The monoisotopic (exact) mass is 426 g/mol. The summed E-state index contributed by atoms with van der Waals surface area (Å²) in [6.07, 6.45) is 2.80. The highest BCUT2D eigenvalue weighted by atomic mass is 16.6. The normalized spacial score (nSPS) is 12.5. The van der Waals surface area contributed by atoms with Gasteiger partial charge in [0.05, 0.1) is 0 Å². The zero-order chi connectivity index (χ0) is 22.8. The molecular weight excluding hydrogens is 396 g/mol. The van der Waals surface area contributed by atoms with E-state index in [0.717, 1.165) is 28.5 Å². The lowest BCUT2D eigenvalue weighted by Crippen LogP contribution is -2.24. The van der Waals surface area contributed by atoms with Crippen molar-refractivity contribution in [2.45, 2.75) is 45.8 Å². The van der Waals surface area contributed by atoms with Gasteiger partial charge in [-0.15, -0.1) is 0 Å². The van der Waals surface area contributed by atoms with Crippen molar-refractivity contribution in [3.05, 3.63) is 61.2 Å². The molecular formula is C25H30O6. The maximum absolute atomic E-state index is 11.5. The molecule has 0 aromatic heterocycles. The smallest absolute Gasteiger partial charge is 0.330 e. The molecule has 2 atom stereocenters. The number of ether oxygens (including phenoxy) is 4. The summed E-state index contributed by atoms with van der Waals surface area (Å²) < 4.78 is 22.7. The van der Waals surface area contributed by atoms with Gasteiger partial charge in [0, 0.05) is 22.9 Å². The third-order valence-corrected chi connectivity index (χ3v) is 4.79. The van der Waals surface area contributed by atoms with Crippen molar-refractivity contribution in [3.63, 3.8) is 0 Å². The number of carbonyl (C=O) groups excluding carboxylic acids is 2. The van der Waals surface area contributed by atoms with Crippen LogP contribution in [0.2, 0.25) is 0 Å². The topological polar surface area (TPSA) is 71.1 Å². The molecule has 0 spiro atoms. The van der Waals surface area contributed by atoms with Crippen LogP contribution in [0.1, 0.15) is 32.3 Å². The molecule has 6 nitrogen and oxygen atoms in total. The van der Waals surface area contributed by atoms with Gasteiger partial charge < -0.3 is 18.9 Å². The zero-order valence-corrected chi connectivity index (χ0v) is 18.4. The molecule has 0 fully saturated rings. The first-order valence-electron chi connectivity index (χ1n) is 10.4. The van der Waals surface area contributed by atoms with E-state index in [1.165, 1.54) is 0 Å². The fraction of sp³-hybridized carbons (Fsp3) is 0.360. The largest absolute Gasteiger partial charge is 0.489 e. The van der Waals surface area contributed by atoms with Crippen LogP contribution >= 0.6 is 0 Å². The van der Waals surface area contributed by atoms with Crippen molar-refractivity contribution in [3.8, 4) is 11.5 Å². The summed E-state index contributed by atoms with van der Waals surface area (Å²) in [6, 6.07) is 9.65. The van der Waals surface area contributed by atoms with Crippen LogP contribution in [-0.2, 0) is 19.1 Å². The van der Waals surface area contributed by atoms with Gasteiger partial charge in [-0.2, -0.15) is 0 Å². The number of aryl methyl sites for hydroxylation is 1. The molecule has 2 rings (SSSR count). The number of hydrogen-bond donors (Lipinski definition) is 0. The molecule has 166 valence electrons. The average molecular weight is 427 g/mol. The van der Waals surface area contributed by atoms with Gasteiger partial charge in [0.15, 0.2) is 0 Å². The molecule has 0 aliphatic carbocycles. The van der Waals surface area contributed by atoms with Crippen molar-refractivity contribution in [2.75, 3.05) is 13.2 Å². The minimum Gasteiger partial charge on any atom is -0.489 e. The van der Waals surface area contributed by atoms with Gasteiger partial charge in [0.25, 0.3) is 0 Å². The fourth-order valence-corrected chi connectivity index (χ4v) is 3.01. The number of carbonyl (C=O) groups is 2. The van der Waals surface area contributed by atoms with Crippen molar-refractivity contribution >= 4 is 22.7 Å². The number of hydrogen-bond acceptors (Lipinski definition) is 6. The lowest BCUT2D eigenvalue weighted by atomic mass is 10.0. The summed E-state index contributed by atoms with van der Waals surface area (Å²) in [5.74, 6) is 0.450. The maximum Gasteiger partial charge on any atom is 0.330 e. The van der Waals surface area contributed by atoms with Crippen LogP contribution in [0.15, 0.2) is 55.6 Å². The van der Waals surface area contributed by atoms with Crippen LogP contribution in [0.3, 0.4) is 0 Å². The van der Waals surface area contributed by atoms with E-state index in [1.54, 1.807) is 0 Å². The van der Waals surface area contributed by atoms with Crippen LogP contribution in [0.25, 0.3) is 10.8 Å². The zero-order valence-electron chi connectivity index (χ0n) is 18.4. The highest BCUT2D eigenvalue weighted by molar-refractivity contribution is 5.94. The first-order valence-corrected chi connectivity index (χ1v) is 10.4. The van der Waals surface area contributed by atoms with Gasteiger partial charge in [-0.05, 0) is 31.4 Å². The molecule has 0 amide bonds. The molecule has 0 saturated carbocycles. The van der Waals surface area contributed by atoms with E-state index in [1.807, 2.05) is 51.1 Å². The van der Waals surface area contributed by atoms with E-state index in [4.69, 9.17) is 18.9 Å². The van der Waals surface area contributed by atoms with E-state index >= 15 is 0 Å². The van der Waals surface area contributed by atoms with Crippen LogP contribution in [0.4, 0.5) is 0 Å². The standard InChI is InChI=1S/C25H30O6/c1-6-18(30-23(26)8-3)15-28-22-14-17(5)25(21-13-11-10-12-20(21)22)29-16-19(7-2)31-24(27)9-4/h8-14,18-19H,3-4,6-7,15-16H2,1-2,5H3. The summed E-state index contributed by atoms with van der Waals surface area (Å²) in [7, 11) is 0. The molecule has 2 unspecified atom stereocenters. The molecule has 0 N–H and O–H groups in total. The molecule has 0 aliphatic rings. The van der Waals surface area contributed by atoms with E-state index < -0.39 is 11.9 Å². The van der Waals surface area contributed by atoms with Crippen LogP contribution in [0.5, 0.6) is 11.5 Å². The second-order valence-electron chi connectivity index (χ2n) is 7.03. The van der Waals surface area contributed by atoms with E-state index in [2.05, 4.69) is 13.2 Å². The Hall–Kier alpha value is -3.28. The summed E-state index contributed by atoms with van der Waals surface area (Å²) in [5.41, 5.74) is 0.884. The van der Waals surface area contributed by atoms with Crippen molar-refractivity contribution in [2.24, 2.45) is 0 Å². The third kappa shape index (κ3) is 6.60. The van der Waals surface area contributed by atoms with Crippen LogP contribution in [-0.4, -0.2) is 37.4 Å². The number of rotatable bonds is 12. The Morgan fingerprint density at radius 1 is 0.903 bits per heavy atom. The summed E-state index contributed by atoms with van der Waals surface area (Å²) in [6.45, 7) is 13.1. The molecule has 0 heterocycles. The first kappa shape index (κ1) is 24.0. The van der Waals surface area contributed by atoms with E-state index in [-0.39, 0.29) is 25.4 Å². The number of esters is 2. The Morgan fingerprint density at radius 3 is 1.94 bits per heavy atom. The van der Waals surface area contributed by atoms with Crippen molar-refractivity contribution in [1.29, 1.82) is 0 Å². The second kappa shape index (κ2) is 11.8. The minimum atomic E-state index is -0.470. The predicted molar refractivity (Wildman–Crippen MR) is 120 cm³/mol. The van der Waals surface area contributed by atoms with Crippen molar-refractivity contribution in [1.82, 2.24) is 0 Å². The molecule has 31 heavy (non-hydrogen) atoms. The molecule has 2 aromatic rings. The fourth-order valence-electron chi connectivity index (χ4n) is 3.01. The minimum absolute atomic E-state index is 0.231. The maximum atomic E-state index is 11.5. The molecule has 0 aliphatic heterocycles. The van der Waals surface area contributed by atoms with Gasteiger partial charge in [-0.1, -0.05) is 51.3 Å². The summed E-state index contributed by atoms with van der Waals surface area (Å²) >= 11 is 0. The van der Waals surface area contributed by atoms with Crippen LogP contribution < -0.4 is 9.47 Å². The molecule has 0 bridgehead atoms. The number of fused-ring (bicyclic) bond motifs is 1. The van der Waals surface area contributed by atoms with Gasteiger partial charge in [0.1, 0.15) is 36.9 Å². The Balaban J connectivity index is 2.23. The van der Waals surface area contributed by atoms with Gasteiger partial charge in [0.2, 0.25) is 0 Å². The van der Waals surface area contributed by atoms with Gasteiger partial charge >= 0.3 is 11.9 Å². The summed E-state index contributed by atoms with van der Waals surface area (Å²) in [5, 5.41) is 1.77. The van der Waals surface area contributed by atoms with Gasteiger partial charge in [-0.25, -0.2) is 9.59 Å². The third-order valence-electron chi connectivity index (χ3n) is 4.79. The van der Waals surface area contributed by atoms with E-state index in [9.17, 15) is 9.59 Å². The molecule has 6 heteroatoms. The molecule has 0 saturated heterocycles. The Labute approximate surface area is 183 Å². The predicted octanol–water partition coefficient (Wildman–Crippen LogP) is 4.92. The second-order valence-corrected chi connectivity index (χ2v) is 7.03. The lowest BCUT2D eigenvalue weighted by Gasteiger charge is -2.21. The Morgan fingerprint density at radius 2 is 1.42 bits per heavy atom. The molecule has 0 radical (unpaired) electrons. The van der Waals surface area contributed by atoms with Crippen molar-refractivity contribution < 1.29 is 28.5 Å². The quantitative estimate of drug-likeness (QED) is 0.354. The highest BCUT2D eigenvalue weighted by Gasteiger charge is 2.17. The van der Waals surface area contributed by atoms with Gasteiger partial charge in [-0.3, -0.25) is 0 Å².